The average Bonchev–Trinajstić information content (AvgIpc) is 2.54. The molecule has 2 fully saturated rings. The highest BCUT2D eigenvalue weighted by molar-refractivity contribution is 4.86. The molecule has 2 heteroatoms. The molecule has 1 heterocycles. The summed E-state index contributed by atoms with van der Waals surface area (Å²) >= 11 is 0. The van der Waals surface area contributed by atoms with Gasteiger partial charge in [0, 0.05) is 18.6 Å². The zero-order valence-corrected chi connectivity index (χ0v) is 12.0. The van der Waals surface area contributed by atoms with Gasteiger partial charge in [0.2, 0.25) is 0 Å². The Labute approximate surface area is 107 Å². The van der Waals surface area contributed by atoms with Crippen LogP contribution in [0.25, 0.3) is 0 Å². The molecule has 0 amide bonds. The third-order valence-electron chi connectivity index (χ3n) is 4.83. The van der Waals surface area contributed by atoms with Crippen molar-refractivity contribution in [3.63, 3.8) is 0 Å². The van der Waals surface area contributed by atoms with Crippen molar-refractivity contribution in [1.82, 2.24) is 10.2 Å². The van der Waals surface area contributed by atoms with Crippen molar-refractivity contribution >= 4 is 0 Å². The fraction of sp³-hybridized carbons (Fsp3) is 1.00. The maximum absolute atomic E-state index is 3.67. The monoisotopic (exact) mass is 238 g/mol. The minimum atomic E-state index is 0.602. The Morgan fingerprint density at radius 2 is 1.94 bits per heavy atom. The summed E-state index contributed by atoms with van der Waals surface area (Å²) in [6, 6.07) is 1.60. The summed E-state index contributed by atoms with van der Waals surface area (Å²) in [6.07, 6.45) is 8.27. The SMILES string of the molecule is CCC1CN(C2CCC(C)(C)CC2)CCCN1. The van der Waals surface area contributed by atoms with Gasteiger partial charge in [0.15, 0.2) is 0 Å². The second-order valence-electron chi connectivity index (χ2n) is 6.80. The van der Waals surface area contributed by atoms with Gasteiger partial charge in [-0.3, -0.25) is 4.90 Å². The summed E-state index contributed by atoms with van der Waals surface area (Å²) in [5.41, 5.74) is 0.602. The fourth-order valence-electron chi connectivity index (χ4n) is 3.38. The van der Waals surface area contributed by atoms with Crippen molar-refractivity contribution in [2.75, 3.05) is 19.6 Å². The van der Waals surface area contributed by atoms with E-state index in [0.29, 0.717) is 5.41 Å². The topological polar surface area (TPSA) is 15.3 Å². The minimum Gasteiger partial charge on any atom is -0.313 e. The van der Waals surface area contributed by atoms with Crippen LogP contribution < -0.4 is 5.32 Å². The molecule has 1 saturated carbocycles. The summed E-state index contributed by atoms with van der Waals surface area (Å²) < 4.78 is 0. The molecular formula is C15H30N2. The number of hydrogen-bond donors (Lipinski definition) is 1. The van der Waals surface area contributed by atoms with Crippen molar-refractivity contribution in [2.24, 2.45) is 5.41 Å². The van der Waals surface area contributed by atoms with Crippen LogP contribution in [0.2, 0.25) is 0 Å². The lowest BCUT2D eigenvalue weighted by Crippen LogP contribution is -2.44. The van der Waals surface area contributed by atoms with Gasteiger partial charge >= 0.3 is 0 Å². The molecule has 2 aliphatic rings. The van der Waals surface area contributed by atoms with Gasteiger partial charge < -0.3 is 5.32 Å². The number of rotatable bonds is 2. The van der Waals surface area contributed by atoms with Crippen LogP contribution in [0.3, 0.4) is 0 Å². The van der Waals surface area contributed by atoms with Gasteiger partial charge in [0.25, 0.3) is 0 Å². The van der Waals surface area contributed by atoms with Crippen molar-refractivity contribution in [2.45, 2.75) is 71.4 Å². The molecule has 1 aliphatic heterocycles. The summed E-state index contributed by atoms with van der Waals surface area (Å²) in [6.45, 7) is 11.0. The maximum atomic E-state index is 3.67. The molecule has 1 N–H and O–H groups in total. The fourth-order valence-corrected chi connectivity index (χ4v) is 3.38. The second kappa shape index (κ2) is 5.71. The highest BCUT2D eigenvalue weighted by atomic mass is 15.2. The van der Waals surface area contributed by atoms with Crippen molar-refractivity contribution in [1.29, 1.82) is 0 Å². The molecule has 1 aliphatic carbocycles. The van der Waals surface area contributed by atoms with Gasteiger partial charge in [-0.2, -0.15) is 0 Å². The Hall–Kier alpha value is -0.0800. The van der Waals surface area contributed by atoms with Crippen molar-refractivity contribution in [3.05, 3.63) is 0 Å². The lowest BCUT2D eigenvalue weighted by Gasteiger charge is -2.40. The first kappa shape index (κ1) is 13.4. The van der Waals surface area contributed by atoms with E-state index < -0.39 is 0 Å². The molecule has 1 saturated heterocycles. The standard InChI is InChI=1S/C15H30N2/c1-4-13-12-17(11-5-10-16-13)14-6-8-15(2,3)9-7-14/h13-14,16H,4-12H2,1-3H3. The van der Waals surface area contributed by atoms with Crippen LogP contribution in [0.15, 0.2) is 0 Å². The van der Waals surface area contributed by atoms with Crippen LogP contribution in [0, 0.1) is 5.41 Å². The first-order chi connectivity index (χ1) is 8.11. The van der Waals surface area contributed by atoms with Gasteiger partial charge in [0.05, 0.1) is 0 Å². The van der Waals surface area contributed by atoms with E-state index in [4.69, 9.17) is 0 Å². The molecule has 17 heavy (non-hydrogen) atoms. The highest BCUT2D eigenvalue weighted by Gasteiger charge is 2.31. The zero-order valence-electron chi connectivity index (χ0n) is 12.0. The molecule has 1 unspecified atom stereocenters. The second-order valence-corrected chi connectivity index (χ2v) is 6.80. The van der Waals surface area contributed by atoms with Crippen LogP contribution >= 0.6 is 0 Å². The molecule has 1 atom stereocenters. The normalized spacial score (nSPS) is 32.3. The highest BCUT2D eigenvalue weighted by Crippen LogP contribution is 2.37. The maximum Gasteiger partial charge on any atom is 0.0192 e. The van der Waals surface area contributed by atoms with E-state index in [9.17, 15) is 0 Å². The Bertz CT molecular complexity index is 227. The summed E-state index contributed by atoms with van der Waals surface area (Å²) in [5, 5.41) is 3.67. The molecule has 0 spiro atoms. The Morgan fingerprint density at radius 3 is 2.59 bits per heavy atom. The quantitative estimate of drug-likeness (QED) is 0.795. The van der Waals surface area contributed by atoms with Crippen molar-refractivity contribution in [3.8, 4) is 0 Å². The lowest BCUT2D eigenvalue weighted by molar-refractivity contribution is 0.105. The van der Waals surface area contributed by atoms with Crippen LogP contribution in [0.4, 0.5) is 0 Å². The first-order valence-electron chi connectivity index (χ1n) is 7.58. The lowest BCUT2D eigenvalue weighted by atomic mass is 9.75. The first-order valence-corrected chi connectivity index (χ1v) is 7.58. The molecule has 0 radical (unpaired) electrons. The third-order valence-corrected chi connectivity index (χ3v) is 4.83. The number of nitrogens with zero attached hydrogens (tertiary/aromatic N) is 1. The van der Waals surface area contributed by atoms with Crippen LogP contribution in [0.5, 0.6) is 0 Å². The largest absolute Gasteiger partial charge is 0.313 e. The van der Waals surface area contributed by atoms with E-state index >= 15 is 0 Å². The molecule has 2 rings (SSSR count). The predicted molar refractivity (Wildman–Crippen MR) is 74.3 cm³/mol. The van der Waals surface area contributed by atoms with E-state index in [1.807, 2.05) is 0 Å². The Balaban J connectivity index is 1.88. The van der Waals surface area contributed by atoms with Crippen LogP contribution in [-0.2, 0) is 0 Å². The van der Waals surface area contributed by atoms with Gasteiger partial charge in [-0.05, 0) is 57.0 Å². The Morgan fingerprint density at radius 1 is 1.24 bits per heavy atom. The van der Waals surface area contributed by atoms with E-state index in [0.717, 1.165) is 12.1 Å². The van der Waals surface area contributed by atoms with Crippen LogP contribution in [-0.4, -0.2) is 36.6 Å². The molecule has 0 bridgehead atoms. The Kier molecular flexibility index (Phi) is 4.48. The van der Waals surface area contributed by atoms with Crippen molar-refractivity contribution < 1.29 is 0 Å². The summed E-state index contributed by atoms with van der Waals surface area (Å²) in [5.74, 6) is 0. The van der Waals surface area contributed by atoms with E-state index in [2.05, 4.69) is 31.0 Å². The molecule has 0 aromatic carbocycles. The van der Waals surface area contributed by atoms with Gasteiger partial charge in [-0.1, -0.05) is 20.8 Å². The molecule has 0 aromatic rings. The molecule has 0 aromatic heterocycles. The third kappa shape index (κ3) is 3.69. The molecule has 100 valence electrons. The van der Waals surface area contributed by atoms with E-state index in [-0.39, 0.29) is 0 Å². The van der Waals surface area contributed by atoms with E-state index in [1.54, 1.807) is 0 Å². The van der Waals surface area contributed by atoms with E-state index in [1.165, 1.54) is 58.2 Å². The average molecular weight is 238 g/mol. The number of nitrogens with one attached hydrogen (secondary N) is 1. The number of hydrogen-bond acceptors (Lipinski definition) is 2. The zero-order chi connectivity index (χ0) is 12.3. The minimum absolute atomic E-state index is 0.602. The van der Waals surface area contributed by atoms with Crippen LogP contribution in [0.1, 0.15) is 59.3 Å². The summed E-state index contributed by atoms with van der Waals surface area (Å²) in [7, 11) is 0. The predicted octanol–water partition coefficient (Wildman–Crippen LogP) is 3.03. The van der Waals surface area contributed by atoms with Gasteiger partial charge in [0.1, 0.15) is 0 Å². The summed E-state index contributed by atoms with van der Waals surface area (Å²) in [4.78, 5) is 2.78. The molecular weight excluding hydrogens is 208 g/mol. The molecule has 2 nitrogen and oxygen atoms in total. The van der Waals surface area contributed by atoms with Gasteiger partial charge in [-0.25, -0.2) is 0 Å². The smallest absolute Gasteiger partial charge is 0.0192 e. The van der Waals surface area contributed by atoms with Gasteiger partial charge in [-0.15, -0.1) is 0 Å².